The minimum Gasteiger partial charge on any atom is -0.506 e. The van der Waals surface area contributed by atoms with Crippen LogP contribution in [0.15, 0.2) is 30.3 Å². The van der Waals surface area contributed by atoms with Crippen molar-refractivity contribution in [3.8, 4) is 5.75 Å². The third-order valence-corrected chi connectivity index (χ3v) is 5.10. The second-order valence-corrected chi connectivity index (χ2v) is 7.48. The number of benzene rings is 1. The van der Waals surface area contributed by atoms with Gasteiger partial charge in [-0.3, -0.25) is 0 Å². The van der Waals surface area contributed by atoms with Crippen LogP contribution in [-0.4, -0.2) is 29.7 Å². The Balaban J connectivity index is 1.44. The molecule has 0 fully saturated rings. The highest BCUT2D eigenvalue weighted by Gasteiger charge is 2.02. The van der Waals surface area contributed by atoms with Gasteiger partial charge >= 0.3 is 0 Å². The maximum atomic E-state index is 9.92. The first-order valence-electron chi connectivity index (χ1n) is 10.8. The largest absolute Gasteiger partial charge is 0.506 e. The van der Waals surface area contributed by atoms with E-state index in [1.54, 1.807) is 6.07 Å². The first-order valence-corrected chi connectivity index (χ1v) is 10.8. The number of nitrogens with two attached hydrogens (primary N) is 1. The fraction of sp³-hybridized carbons (Fsp3) is 0.609. The first-order chi connectivity index (χ1) is 13.3. The highest BCUT2D eigenvalue weighted by molar-refractivity contribution is 5.84. The summed E-state index contributed by atoms with van der Waals surface area (Å²) in [5.41, 5.74) is 7.29. The number of rotatable bonds is 15. The maximum Gasteiger partial charge on any atom is 0.141 e. The molecule has 0 spiro atoms. The highest BCUT2D eigenvalue weighted by Crippen LogP contribution is 2.23. The van der Waals surface area contributed by atoms with Crippen LogP contribution in [0.25, 0.3) is 10.9 Å². The summed E-state index contributed by atoms with van der Waals surface area (Å²) in [4.78, 5) is 4.61. The Labute approximate surface area is 164 Å². The number of phenolic OH excluding ortho intramolecular Hbond substituents is 1. The van der Waals surface area contributed by atoms with Gasteiger partial charge in [-0.2, -0.15) is 0 Å². The van der Waals surface area contributed by atoms with Crippen LogP contribution in [0.2, 0.25) is 0 Å². The number of hydrogen-bond acceptors (Lipinski definition) is 4. The quantitative estimate of drug-likeness (QED) is 0.388. The molecule has 1 aromatic heterocycles. The minimum absolute atomic E-state index is 0.278. The molecule has 1 heterocycles. The van der Waals surface area contributed by atoms with Gasteiger partial charge in [-0.05, 0) is 63.9 Å². The Morgan fingerprint density at radius 1 is 0.778 bits per heavy atom. The number of nitrogens with zero attached hydrogens (tertiary/aromatic N) is 1. The van der Waals surface area contributed by atoms with Gasteiger partial charge in [0.1, 0.15) is 11.3 Å². The van der Waals surface area contributed by atoms with Crippen molar-refractivity contribution in [2.24, 2.45) is 5.73 Å². The van der Waals surface area contributed by atoms with E-state index < -0.39 is 0 Å². The zero-order valence-electron chi connectivity index (χ0n) is 16.8. The average Bonchev–Trinajstić information content (AvgIpc) is 2.69. The molecule has 27 heavy (non-hydrogen) atoms. The van der Waals surface area contributed by atoms with Gasteiger partial charge in [-0.1, -0.05) is 56.7 Å². The number of aromatic nitrogens is 1. The topological polar surface area (TPSA) is 71.2 Å². The fourth-order valence-electron chi connectivity index (χ4n) is 3.45. The van der Waals surface area contributed by atoms with E-state index in [0.29, 0.717) is 0 Å². The first kappa shape index (κ1) is 21.6. The molecule has 0 aliphatic carbocycles. The number of pyridine rings is 1. The van der Waals surface area contributed by atoms with E-state index in [-0.39, 0.29) is 5.75 Å². The molecule has 1 aromatic carbocycles. The molecule has 0 saturated carbocycles. The Kier molecular flexibility index (Phi) is 10.8. The molecular formula is C23H37N3O. The third kappa shape index (κ3) is 8.72. The lowest BCUT2D eigenvalue weighted by Crippen LogP contribution is -2.17. The molecule has 0 aliphatic heterocycles. The van der Waals surface area contributed by atoms with Crippen LogP contribution in [0.5, 0.6) is 5.75 Å². The molecule has 2 rings (SSSR count). The predicted octanol–water partition coefficient (Wildman–Crippen LogP) is 4.93. The van der Waals surface area contributed by atoms with Crippen LogP contribution in [0.4, 0.5) is 0 Å². The van der Waals surface area contributed by atoms with E-state index in [9.17, 15) is 5.11 Å². The SMILES string of the molecule is NCCCCNCCCCCCCCCCc1ccc2cccc(O)c2n1. The molecule has 0 unspecified atom stereocenters. The zero-order valence-corrected chi connectivity index (χ0v) is 16.8. The summed E-state index contributed by atoms with van der Waals surface area (Å²) in [6.45, 7) is 3.08. The summed E-state index contributed by atoms with van der Waals surface area (Å²) in [6, 6.07) is 9.70. The zero-order chi connectivity index (χ0) is 19.2. The van der Waals surface area contributed by atoms with Crippen LogP contribution in [-0.2, 0) is 6.42 Å². The average molecular weight is 372 g/mol. The van der Waals surface area contributed by atoms with Crippen LogP contribution < -0.4 is 11.1 Å². The van der Waals surface area contributed by atoms with Gasteiger partial charge in [0.15, 0.2) is 0 Å². The van der Waals surface area contributed by atoms with E-state index >= 15 is 0 Å². The Hall–Kier alpha value is -1.65. The number of aromatic hydroxyl groups is 1. The second kappa shape index (κ2) is 13.5. The number of para-hydroxylation sites is 1. The lowest BCUT2D eigenvalue weighted by atomic mass is 10.1. The second-order valence-electron chi connectivity index (χ2n) is 7.48. The summed E-state index contributed by atoms with van der Waals surface area (Å²) >= 11 is 0. The Morgan fingerprint density at radius 3 is 2.19 bits per heavy atom. The lowest BCUT2D eigenvalue weighted by Gasteiger charge is -2.06. The molecule has 0 aliphatic rings. The number of phenols is 1. The molecule has 4 N–H and O–H groups in total. The molecule has 0 amide bonds. The number of hydrogen-bond donors (Lipinski definition) is 3. The fourth-order valence-corrected chi connectivity index (χ4v) is 3.45. The summed E-state index contributed by atoms with van der Waals surface area (Å²) in [5, 5.41) is 14.4. The molecule has 4 nitrogen and oxygen atoms in total. The van der Waals surface area contributed by atoms with Crippen molar-refractivity contribution in [1.29, 1.82) is 0 Å². The predicted molar refractivity (Wildman–Crippen MR) is 115 cm³/mol. The molecule has 4 heteroatoms. The van der Waals surface area contributed by atoms with Crippen LogP contribution in [0, 0.1) is 0 Å². The number of unbranched alkanes of at least 4 members (excludes halogenated alkanes) is 8. The molecule has 0 bridgehead atoms. The van der Waals surface area contributed by atoms with E-state index in [1.165, 1.54) is 57.8 Å². The van der Waals surface area contributed by atoms with Gasteiger partial charge in [-0.15, -0.1) is 0 Å². The van der Waals surface area contributed by atoms with Gasteiger partial charge < -0.3 is 16.2 Å². The molecular weight excluding hydrogens is 334 g/mol. The van der Waals surface area contributed by atoms with Crippen molar-refractivity contribution in [3.05, 3.63) is 36.0 Å². The van der Waals surface area contributed by atoms with Crippen molar-refractivity contribution in [2.75, 3.05) is 19.6 Å². The monoisotopic (exact) mass is 371 g/mol. The van der Waals surface area contributed by atoms with Crippen LogP contribution >= 0.6 is 0 Å². The molecule has 0 radical (unpaired) electrons. The molecule has 2 aromatic rings. The maximum absolute atomic E-state index is 9.92. The summed E-state index contributed by atoms with van der Waals surface area (Å²) in [7, 11) is 0. The van der Waals surface area contributed by atoms with Gasteiger partial charge in [-0.25, -0.2) is 4.98 Å². The van der Waals surface area contributed by atoms with E-state index in [2.05, 4.69) is 22.4 Å². The molecule has 0 atom stereocenters. The van der Waals surface area contributed by atoms with Crippen LogP contribution in [0.3, 0.4) is 0 Å². The molecule has 0 saturated heterocycles. The van der Waals surface area contributed by atoms with Gasteiger partial charge in [0.05, 0.1) is 0 Å². The van der Waals surface area contributed by atoms with Crippen molar-refractivity contribution >= 4 is 10.9 Å². The smallest absolute Gasteiger partial charge is 0.141 e. The Bertz CT molecular complexity index is 645. The summed E-state index contributed by atoms with van der Waals surface area (Å²) < 4.78 is 0. The highest BCUT2D eigenvalue weighted by atomic mass is 16.3. The normalized spacial score (nSPS) is 11.3. The van der Waals surface area contributed by atoms with Crippen molar-refractivity contribution < 1.29 is 5.11 Å². The number of aryl methyl sites for hydroxylation is 1. The van der Waals surface area contributed by atoms with E-state index in [1.807, 2.05) is 12.1 Å². The van der Waals surface area contributed by atoms with Gasteiger partial charge in [0, 0.05) is 11.1 Å². The summed E-state index contributed by atoms with van der Waals surface area (Å²) in [5.74, 6) is 0.278. The van der Waals surface area contributed by atoms with Gasteiger partial charge in [0.25, 0.3) is 0 Å². The number of fused-ring (bicyclic) bond motifs is 1. The Morgan fingerprint density at radius 2 is 1.44 bits per heavy atom. The number of nitrogens with one attached hydrogen (secondary N) is 1. The van der Waals surface area contributed by atoms with Crippen molar-refractivity contribution in [2.45, 2.75) is 70.6 Å². The minimum atomic E-state index is 0.278. The van der Waals surface area contributed by atoms with Crippen LogP contribution in [0.1, 0.15) is 69.9 Å². The standard InChI is InChI=1S/C23H37N3O/c24-17-8-10-19-25-18-9-6-4-2-1-3-5-7-13-21-16-15-20-12-11-14-22(27)23(20)26-21/h11-12,14-16,25,27H,1-10,13,17-19,24H2. The lowest BCUT2D eigenvalue weighted by molar-refractivity contribution is 0.480. The van der Waals surface area contributed by atoms with Crippen molar-refractivity contribution in [1.82, 2.24) is 10.3 Å². The summed E-state index contributed by atoms with van der Waals surface area (Å²) in [6.07, 6.45) is 13.8. The van der Waals surface area contributed by atoms with E-state index in [4.69, 9.17) is 5.73 Å². The molecule has 150 valence electrons. The van der Waals surface area contributed by atoms with E-state index in [0.717, 1.165) is 49.1 Å². The van der Waals surface area contributed by atoms with Crippen molar-refractivity contribution in [3.63, 3.8) is 0 Å². The van der Waals surface area contributed by atoms with Gasteiger partial charge in [0.2, 0.25) is 0 Å². The third-order valence-electron chi connectivity index (χ3n) is 5.10.